The van der Waals surface area contributed by atoms with E-state index in [2.05, 4.69) is 72.2 Å². The molecule has 0 saturated carbocycles. The number of hydrogen-bond acceptors (Lipinski definition) is 2. The van der Waals surface area contributed by atoms with Gasteiger partial charge in [0.1, 0.15) is 0 Å². The van der Waals surface area contributed by atoms with Gasteiger partial charge >= 0.3 is 0 Å². The molecule has 2 atom stereocenters. The molecule has 1 heterocycles. The Hall–Kier alpha value is -1.64. The molecule has 2 N–H and O–H groups in total. The Morgan fingerprint density at radius 3 is 2.43 bits per heavy atom. The van der Waals surface area contributed by atoms with Crippen molar-refractivity contribution in [3.8, 4) is 0 Å². The van der Waals surface area contributed by atoms with E-state index >= 15 is 0 Å². The zero-order valence-corrected chi connectivity index (χ0v) is 12.7. The summed E-state index contributed by atoms with van der Waals surface area (Å²) in [6, 6.07) is 20.7. The lowest BCUT2D eigenvalue weighted by atomic mass is 10.0. The maximum Gasteiger partial charge on any atom is 0.0476 e. The predicted octanol–water partition coefficient (Wildman–Crippen LogP) is 3.44. The van der Waals surface area contributed by atoms with Crippen LogP contribution in [0.4, 0.5) is 0 Å². The second-order valence-corrected chi connectivity index (χ2v) is 5.79. The first-order valence-corrected chi connectivity index (χ1v) is 7.96. The Morgan fingerprint density at radius 1 is 1.00 bits per heavy atom. The van der Waals surface area contributed by atoms with Gasteiger partial charge in [-0.3, -0.25) is 0 Å². The minimum atomic E-state index is 0.432. The molecular weight excluding hydrogens is 256 g/mol. The summed E-state index contributed by atoms with van der Waals surface area (Å²) in [6.07, 6.45) is 2.29. The van der Waals surface area contributed by atoms with Crippen LogP contribution >= 0.6 is 0 Å². The van der Waals surface area contributed by atoms with Crippen molar-refractivity contribution in [3.63, 3.8) is 0 Å². The molecule has 0 amide bonds. The van der Waals surface area contributed by atoms with Gasteiger partial charge in [0.25, 0.3) is 0 Å². The summed E-state index contributed by atoms with van der Waals surface area (Å²) in [5.41, 5.74) is 4.16. The van der Waals surface area contributed by atoms with Gasteiger partial charge < -0.3 is 10.6 Å². The number of benzene rings is 2. The first kappa shape index (κ1) is 14.3. The molecule has 1 aliphatic rings. The minimum Gasteiger partial charge on any atom is -0.309 e. The Morgan fingerprint density at radius 2 is 1.71 bits per heavy atom. The maximum absolute atomic E-state index is 3.72. The quantitative estimate of drug-likeness (QED) is 0.876. The second kappa shape index (κ2) is 6.88. The van der Waals surface area contributed by atoms with Gasteiger partial charge in [-0.25, -0.2) is 0 Å². The van der Waals surface area contributed by atoms with E-state index in [9.17, 15) is 0 Å². The molecule has 0 radical (unpaired) electrons. The lowest BCUT2D eigenvalue weighted by Crippen LogP contribution is -2.33. The third kappa shape index (κ3) is 3.52. The van der Waals surface area contributed by atoms with Crippen LogP contribution in [0.3, 0.4) is 0 Å². The fourth-order valence-electron chi connectivity index (χ4n) is 3.08. The van der Waals surface area contributed by atoms with Crippen LogP contribution in [0, 0.1) is 0 Å². The van der Waals surface area contributed by atoms with Gasteiger partial charge in [-0.15, -0.1) is 0 Å². The van der Waals surface area contributed by atoms with E-state index in [-0.39, 0.29) is 0 Å². The van der Waals surface area contributed by atoms with Gasteiger partial charge in [0.05, 0.1) is 0 Å². The summed E-state index contributed by atoms with van der Waals surface area (Å²) in [4.78, 5) is 0. The molecule has 0 aliphatic carbocycles. The van der Waals surface area contributed by atoms with Crippen molar-refractivity contribution in [2.24, 2.45) is 0 Å². The molecule has 110 valence electrons. The molecule has 0 bridgehead atoms. The average Bonchev–Trinajstić information content (AvgIpc) is 3.03. The Balaban J connectivity index is 1.61. The highest BCUT2D eigenvalue weighted by atomic mass is 15.1. The standard InChI is InChI=1S/C19H24N2/c1-2-15-8-10-16(11-9-15)14-21-18-12-13-20-19(18)17-6-4-3-5-7-17/h3-11,18-21H,2,12-14H2,1H3/t18-,19-/m0/s1. The average molecular weight is 280 g/mol. The van der Waals surface area contributed by atoms with Gasteiger partial charge in [-0.05, 0) is 36.1 Å². The predicted molar refractivity (Wildman–Crippen MR) is 88.3 cm³/mol. The van der Waals surface area contributed by atoms with E-state index in [1.807, 2.05) is 0 Å². The molecule has 2 aromatic rings. The van der Waals surface area contributed by atoms with Crippen LogP contribution in [-0.2, 0) is 13.0 Å². The summed E-state index contributed by atoms with van der Waals surface area (Å²) >= 11 is 0. The number of nitrogens with one attached hydrogen (secondary N) is 2. The summed E-state index contributed by atoms with van der Waals surface area (Å²) < 4.78 is 0. The van der Waals surface area contributed by atoms with Gasteiger partial charge in [0.15, 0.2) is 0 Å². The number of rotatable bonds is 5. The molecule has 1 fully saturated rings. The smallest absolute Gasteiger partial charge is 0.0476 e. The van der Waals surface area contributed by atoms with Gasteiger partial charge in [-0.2, -0.15) is 0 Å². The largest absolute Gasteiger partial charge is 0.309 e. The van der Waals surface area contributed by atoms with E-state index in [0.717, 1.165) is 19.5 Å². The monoisotopic (exact) mass is 280 g/mol. The Labute approximate surface area is 127 Å². The van der Waals surface area contributed by atoms with Crippen LogP contribution in [0.2, 0.25) is 0 Å². The second-order valence-electron chi connectivity index (χ2n) is 5.79. The molecule has 2 heteroatoms. The topological polar surface area (TPSA) is 24.1 Å². The van der Waals surface area contributed by atoms with E-state index in [0.29, 0.717) is 12.1 Å². The third-order valence-corrected chi connectivity index (χ3v) is 4.38. The van der Waals surface area contributed by atoms with Crippen molar-refractivity contribution >= 4 is 0 Å². The molecule has 1 saturated heterocycles. The highest BCUT2D eigenvalue weighted by Gasteiger charge is 2.27. The summed E-state index contributed by atoms with van der Waals surface area (Å²) in [7, 11) is 0. The van der Waals surface area contributed by atoms with Crippen LogP contribution < -0.4 is 10.6 Å². The molecule has 0 aromatic heterocycles. The maximum atomic E-state index is 3.72. The molecule has 3 rings (SSSR count). The summed E-state index contributed by atoms with van der Waals surface area (Å²) in [5.74, 6) is 0. The molecule has 0 spiro atoms. The van der Waals surface area contributed by atoms with Crippen LogP contribution in [0.25, 0.3) is 0 Å². The highest BCUT2D eigenvalue weighted by molar-refractivity contribution is 5.24. The summed E-state index contributed by atoms with van der Waals surface area (Å²) in [5, 5.41) is 7.34. The van der Waals surface area contributed by atoms with Crippen molar-refractivity contribution in [2.75, 3.05) is 6.54 Å². The van der Waals surface area contributed by atoms with E-state index in [1.165, 1.54) is 23.1 Å². The molecule has 1 aliphatic heterocycles. The molecular formula is C19H24N2. The Kier molecular flexibility index (Phi) is 4.69. The number of aryl methyl sites for hydroxylation is 1. The van der Waals surface area contributed by atoms with Crippen molar-refractivity contribution in [1.82, 2.24) is 10.6 Å². The van der Waals surface area contributed by atoms with Gasteiger partial charge in [0, 0.05) is 18.6 Å². The van der Waals surface area contributed by atoms with Crippen LogP contribution in [0.15, 0.2) is 54.6 Å². The summed E-state index contributed by atoms with van der Waals surface area (Å²) in [6.45, 7) is 4.23. The van der Waals surface area contributed by atoms with Crippen molar-refractivity contribution in [1.29, 1.82) is 0 Å². The lowest BCUT2D eigenvalue weighted by Gasteiger charge is -2.21. The minimum absolute atomic E-state index is 0.432. The van der Waals surface area contributed by atoms with E-state index in [1.54, 1.807) is 0 Å². The van der Waals surface area contributed by atoms with Crippen LogP contribution in [0.5, 0.6) is 0 Å². The fraction of sp³-hybridized carbons (Fsp3) is 0.368. The Bertz CT molecular complexity index is 548. The van der Waals surface area contributed by atoms with Crippen LogP contribution in [0.1, 0.15) is 36.1 Å². The molecule has 2 aromatic carbocycles. The highest BCUT2D eigenvalue weighted by Crippen LogP contribution is 2.23. The number of hydrogen-bond donors (Lipinski definition) is 2. The first-order chi connectivity index (χ1) is 10.4. The SMILES string of the molecule is CCc1ccc(CN[C@H]2CCN[C@H]2c2ccccc2)cc1. The lowest BCUT2D eigenvalue weighted by molar-refractivity contribution is 0.461. The van der Waals surface area contributed by atoms with Crippen molar-refractivity contribution in [3.05, 3.63) is 71.3 Å². The molecule has 21 heavy (non-hydrogen) atoms. The van der Waals surface area contributed by atoms with Gasteiger partial charge in [0.2, 0.25) is 0 Å². The van der Waals surface area contributed by atoms with Crippen molar-refractivity contribution < 1.29 is 0 Å². The third-order valence-electron chi connectivity index (χ3n) is 4.38. The van der Waals surface area contributed by atoms with Crippen LogP contribution in [-0.4, -0.2) is 12.6 Å². The van der Waals surface area contributed by atoms with E-state index in [4.69, 9.17) is 0 Å². The zero-order valence-electron chi connectivity index (χ0n) is 12.7. The molecule has 0 unspecified atom stereocenters. The fourth-order valence-corrected chi connectivity index (χ4v) is 3.08. The van der Waals surface area contributed by atoms with Gasteiger partial charge in [-0.1, -0.05) is 61.5 Å². The molecule has 2 nitrogen and oxygen atoms in total. The first-order valence-electron chi connectivity index (χ1n) is 7.96. The van der Waals surface area contributed by atoms with E-state index < -0.39 is 0 Å². The normalized spacial score (nSPS) is 21.6. The zero-order chi connectivity index (χ0) is 14.5. The van der Waals surface area contributed by atoms with Crippen molar-refractivity contribution in [2.45, 2.75) is 38.4 Å².